The number of aromatic nitrogens is 2. The molecular weight excluding hydrogens is 344 g/mol. The minimum atomic E-state index is -0.270. The predicted molar refractivity (Wildman–Crippen MR) is 114 cm³/mol. The molecule has 0 radical (unpaired) electrons. The lowest BCUT2D eigenvalue weighted by Gasteiger charge is -2.29. The van der Waals surface area contributed by atoms with Gasteiger partial charge in [-0.15, -0.1) is 0 Å². The molecule has 1 unspecified atom stereocenters. The third-order valence-electron chi connectivity index (χ3n) is 5.26. The van der Waals surface area contributed by atoms with E-state index in [1.54, 1.807) is 0 Å². The quantitative estimate of drug-likeness (QED) is 0.454. The Balaban J connectivity index is 1.68. The van der Waals surface area contributed by atoms with E-state index in [1.807, 2.05) is 12.4 Å². The first-order valence-electron chi connectivity index (χ1n) is 9.59. The second-order valence-electron chi connectivity index (χ2n) is 7.79. The summed E-state index contributed by atoms with van der Waals surface area (Å²) in [5.74, 6) is 0.929. The molecule has 1 aliphatic rings. The second-order valence-corrected chi connectivity index (χ2v) is 7.79. The molecule has 1 aliphatic heterocycles. The number of nitrogens with zero attached hydrogens (tertiary/aromatic N) is 2. The molecule has 0 N–H and O–H groups in total. The number of ether oxygens (including phenoxy) is 1. The summed E-state index contributed by atoms with van der Waals surface area (Å²) >= 11 is 0. The van der Waals surface area contributed by atoms with Gasteiger partial charge >= 0.3 is 0 Å². The Morgan fingerprint density at radius 3 is 2.54 bits per heavy atom. The van der Waals surface area contributed by atoms with Gasteiger partial charge in [0.2, 0.25) is 0 Å². The van der Waals surface area contributed by atoms with Crippen molar-refractivity contribution >= 4 is 17.1 Å². The fourth-order valence-electron chi connectivity index (χ4n) is 3.90. The van der Waals surface area contributed by atoms with Crippen LogP contribution in [0.4, 0.5) is 0 Å². The van der Waals surface area contributed by atoms with Gasteiger partial charge in [0.05, 0.1) is 23.4 Å². The summed E-state index contributed by atoms with van der Waals surface area (Å²) in [7, 11) is 0. The molecule has 0 aliphatic carbocycles. The highest BCUT2D eigenvalue weighted by molar-refractivity contribution is 5.75. The number of hydrogen-bond acceptors (Lipinski definition) is 2. The Hall–Kier alpha value is -3.33. The van der Waals surface area contributed by atoms with Crippen molar-refractivity contribution in [2.24, 2.45) is 0 Å². The van der Waals surface area contributed by atoms with Crippen LogP contribution in [0, 0.1) is 0 Å². The zero-order valence-corrected chi connectivity index (χ0v) is 16.0. The number of fused-ring (bicyclic) bond motifs is 2. The molecular formula is C25H22N2O. The van der Waals surface area contributed by atoms with Crippen molar-refractivity contribution in [2.75, 3.05) is 0 Å². The number of benzene rings is 3. The zero-order valence-electron chi connectivity index (χ0n) is 16.0. The molecule has 0 saturated carbocycles. The van der Waals surface area contributed by atoms with Crippen LogP contribution in [-0.4, -0.2) is 15.2 Å². The largest absolute Gasteiger partial charge is 0.483 e. The molecule has 0 spiro atoms. The predicted octanol–water partition coefficient (Wildman–Crippen LogP) is 5.86. The van der Waals surface area contributed by atoms with E-state index in [0.29, 0.717) is 0 Å². The summed E-state index contributed by atoms with van der Waals surface area (Å²) in [6, 6.07) is 25.4. The van der Waals surface area contributed by atoms with Gasteiger partial charge in [-0.25, -0.2) is 4.98 Å². The van der Waals surface area contributed by atoms with Crippen LogP contribution in [-0.2, 0) is 0 Å². The van der Waals surface area contributed by atoms with E-state index in [-0.39, 0.29) is 11.6 Å². The zero-order chi connectivity index (χ0) is 19.1. The second kappa shape index (κ2) is 6.38. The summed E-state index contributed by atoms with van der Waals surface area (Å²) < 4.78 is 8.37. The lowest BCUT2D eigenvalue weighted by molar-refractivity contribution is 0.159. The Morgan fingerprint density at radius 2 is 1.68 bits per heavy atom. The van der Waals surface area contributed by atoms with Crippen LogP contribution in [0.25, 0.3) is 17.1 Å². The monoisotopic (exact) mass is 366 g/mol. The molecule has 138 valence electrons. The van der Waals surface area contributed by atoms with Crippen molar-refractivity contribution in [2.45, 2.75) is 25.5 Å². The van der Waals surface area contributed by atoms with E-state index < -0.39 is 0 Å². The van der Waals surface area contributed by atoms with E-state index in [0.717, 1.165) is 22.3 Å². The molecule has 3 aromatic carbocycles. The third-order valence-corrected chi connectivity index (χ3v) is 5.26. The molecule has 4 aromatic rings. The minimum Gasteiger partial charge on any atom is -0.483 e. The highest BCUT2D eigenvalue weighted by Crippen LogP contribution is 2.36. The maximum Gasteiger partial charge on any atom is 0.127 e. The van der Waals surface area contributed by atoms with Gasteiger partial charge in [0.15, 0.2) is 0 Å². The summed E-state index contributed by atoms with van der Waals surface area (Å²) in [6.07, 6.45) is 6.22. The minimum absolute atomic E-state index is 0.0437. The first-order valence-corrected chi connectivity index (χ1v) is 9.59. The Kier molecular flexibility index (Phi) is 3.83. The van der Waals surface area contributed by atoms with Crippen LogP contribution in [0.5, 0.6) is 5.75 Å². The van der Waals surface area contributed by atoms with Crippen LogP contribution in [0.1, 0.15) is 36.6 Å². The maximum atomic E-state index is 6.11. The van der Waals surface area contributed by atoms with Crippen molar-refractivity contribution in [3.8, 4) is 5.75 Å². The van der Waals surface area contributed by atoms with Crippen LogP contribution in [0.2, 0.25) is 0 Å². The highest BCUT2D eigenvalue weighted by Gasteiger charge is 2.24. The molecule has 0 amide bonds. The molecule has 2 heterocycles. The lowest BCUT2D eigenvalue weighted by Crippen LogP contribution is -2.27. The lowest BCUT2D eigenvalue weighted by atomic mass is 9.94. The molecule has 0 bridgehead atoms. The molecule has 5 rings (SSSR count). The van der Waals surface area contributed by atoms with E-state index in [9.17, 15) is 0 Å². The number of rotatable bonds is 3. The summed E-state index contributed by atoms with van der Waals surface area (Å²) in [4.78, 5) is 4.62. The SMILES string of the molecule is CC1(C)C=Cc2cc(C(c3ccccc3)n3cnc4ccccc43)ccc2O1. The fraction of sp³-hybridized carbons (Fsp3) is 0.160. The van der Waals surface area contributed by atoms with Crippen molar-refractivity contribution in [1.29, 1.82) is 0 Å². The summed E-state index contributed by atoms with van der Waals surface area (Å²) in [5, 5.41) is 0. The van der Waals surface area contributed by atoms with Crippen molar-refractivity contribution in [1.82, 2.24) is 9.55 Å². The molecule has 0 fully saturated rings. The van der Waals surface area contributed by atoms with Gasteiger partial charge in [0, 0.05) is 5.56 Å². The topological polar surface area (TPSA) is 27.1 Å². The average Bonchev–Trinajstić information content (AvgIpc) is 3.13. The van der Waals surface area contributed by atoms with Gasteiger partial charge in [-0.1, -0.05) is 54.6 Å². The molecule has 1 aromatic heterocycles. The van der Waals surface area contributed by atoms with Gasteiger partial charge in [-0.05, 0) is 55.3 Å². The molecule has 3 heteroatoms. The van der Waals surface area contributed by atoms with E-state index >= 15 is 0 Å². The van der Waals surface area contributed by atoms with Gasteiger partial charge in [-0.3, -0.25) is 0 Å². The van der Waals surface area contributed by atoms with Gasteiger partial charge in [0.1, 0.15) is 11.4 Å². The van der Waals surface area contributed by atoms with E-state index in [4.69, 9.17) is 4.74 Å². The van der Waals surface area contributed by atoms with Crippen molar-refractivity contribution in [3.05, 3.63) is 102 Å². The highest BCUT2D eigenvalue weighted by atomic mass is 16.5. The standard InChI is InChI=1S/C25H22N2O/c1-25(2)15-14-19-16-20(12-13-23(19)28-25)24(18-8-4-3-5-9-18)27-17-26-21-10-6-7-11-22(21)27/h3-17,24H,1-2H3. The van der Waals surface area contributed by atoms with Gasteiger partial charge < -0.3 is 9.30 Å². The molecule has 1 atom stereocenters. The number of para-hydroxylation sites is 2. The number of imidazole rings is 1. The van der Waals surface area contributed by atoms with E-state index in [2.05, 4.69) is 102 Å². The Labute approximate surface area is 164 Å². The normalized spacial score (nSPS) is 15.8. The molecule has 3 nitrogen and oxygen atoms in total. The Bertz CT molecular complexity index is 1170. The third kappa shape index (κ3) is 2.89. The van der Waals surface area contributed by atoms with Crippen LogP contribution >= 0.6 is 0 Å². The van der Waals surface area contributed by atoms with Crippen LogP contribution in [0.15, 0.2) is 85.2 Å². The summed E-state index contributed by atoms with van der Waals surface area (Å²) in [6.45, 7) is 4.15. The smallest absolute Gasteiger partial charge is 0.127 e. The first kappa shape index (κ1) is 16.8. The Morgan fingerprint density at radius 1 is 0.893 bits per heavy atom. The van der Waals surface area contributed by atoms with Crippen LogP contribution < -0.4 is 4.74 Å². The summed E-state index contributed by atoms with van der Waals surface area (Å²) in [5.41, 5.74) is 5.41. The number of hydrogen-bond donors (Lipinski definition) is 0. The van der Waals surface area contributed by atoms with Crippen molar-refractivity contribution < 1.29 is 4.74 Å². The average molecular weight is 366 g/mol. The fourth-order valence-corrected chi connectivity index (χ4v) is 3.90. The van der Waals surface area contributed by atoms with E-state index in [1.165, 1.54) is 11.1 Å². The molecule has 28 heavy (non-hydrogen) atoms. The molecule has 0 saturated heterocycles. The van der Waals surface area contributed by atoms with Gasteiger partial charge in [0.25, 0.3) is 0 Å². The van der Waals surface area contributed by atoms with Crippen molar-refractivity contribution in [3.63, 3.8) is 0 Å². The van der Waals surface area contributed by atoms with Crippen LogP contribution in [0.3, 0.4) is 0 Å². The first-order chi connectivity index (χ1) is 13.6. The maximum absolute atomic E-state index is 6.11. The van der Waals surface area contributed by atoms with Gasteiger partial charge in [-0.2, -0.15) is 0 Å².